The van der Waals surface area contributed by atoms with E-state index in [2.05, 4.69) is 28.5 Å². The molecule has 0 spiro atoms. The molecule has 3 aromatic rings. The fourth-order valence-electron chi connectivity index (χ4n) is 2.39. The fraction of sp³-hybridized carbons (Fsp3) is 0.222. The summed E-state index contributed by atoms with van der Waals surface area (Å²) in [6.07, 6.45) is 0. The molecule has 0 aliphatic rings. The highest BCUT2D eigenvalue weighted by Crippen LogP contribution is 2.31. The van der Waals surface area contributed by atoms with E-state index < -0.39 is 0 Å². The second-order valence-electron chi connectivity index (χ2n) is 6.33. The van der Waals surface area contributed by atoms with Gasteiger partial charge in [0.05, 0.1) is 5.02 Å². The van der Waals surface area contributed by atoms with Gasteiger partial charge in [0.2, 0.25) is 5.13 Å². The predicted molar refractivity (Wildman–Crippen MR) is 99.9 cm³/mol. The van der Waals surface area contributed by atoms with Gasteiger partial charge < -0.3 is 10.4 Å². The largest absolute Gasteiger partial charge is 0.508 e. The van der Waals surface area contributed by atoms with Gasteiger partial charge in [-0.05, 0) is 35.9 Å². The summed E-state index contributed by atoms with van der Waals surface area (Å²) in [5.74, 6) is 0.368. The lowest BCUT2D eigenvalue weighted by molar-refractivity contribution is 0.475. The Kier molecular flexibility index (Phi) is 4.92. The van der Waals surface area contributed by atoms with Crippen LogP contribution in [-0.4, -0.2) is 21.0 Å². The number of aromatic nitrogens is 2. The molecule has 0 radical (unpaired) electrons. The van der Waals surface area contributed by atoms with Crippen LogP contribution in [0.4, 0.5) is 9.52 Å². The van der Waals surface area contributed by atoms with Crippen molar-refractivity contribution in [3.8, 4) is 17.1 Å². The molecule has 0 atom stereocenters. The lowest BCUT2D eigenvalue weighted by Crippen LogP contribution is -2.27. The molecule has 0 saturated carbocycles. The van der Waals surface area contributed by atoms with Crippen LogP contribution in [0.5, 0.6) is 5.75 Å². The van der Waals surface area contributed by atoms with Gasteiger partial charge in [-0.2, -0.15) is 9.36 Å². The average Bonchev–Trinajstić information content (AvgIpc) is 3.02. The zero-order valence-electron chi connectivity index (χ0n) is 13.8. The fourth-order valence-corrected chi connectivity index (χ4v) is 3.23. The van der Waals surface area contributed by atoms with Crippen molar-refractivity contribution in [2.75, 3.05) is 11.9 Å². The molecule has 1 heterocycles. The molecular formula is C18H17ClFN3OS. The molecule has 3 rings (SSSR count). The summed E-state index contributed by atoms with van der Waals surface area (Å²) in [7, 11) is 0. The number of hydrogen-bond acceptors (Lipinski definition) is 5. The maximum Gasteiger partial charge on any atom is 0.202 e. The van der Waals surface area contributed by atoms with Crippen molar-refractivity contribution in [1.82, 2.24) is 9.36 Å². The molecule has 0 amide bonds. The average molecular weight is 378 g/mol. The first kappa shape index (κ1) is 17.6. The molecule has 0 aliphatic heterocycles. The molecule has 0 bridgehead atoms. The third-order valence-corrected chi connectivity index (χ3v) is 4.91. The summed E-state index contributed by atoms with van der Waals surface area (Å²) in [6, 6.07) is 11.2. The molecule has 0 aliphatic carbocycles. The van der Waals surface area contributed by atoms with Crippen LogP contribution < -0.4 is 5.32 Å². The Bertz CT molecular complexity index is 880. The minimum absolute atomic E-state index is 0.100. The predicted octanol–water partition coefficient (Wildman–Crippen LogP) is 5.09. The molecule has 2 aromatic carbocycles. The smallest absolute Gasteiger partial charge is 0.202 e. The Balaban J connectivity index is 1.72. The number of phenolic OH excluding ortho intramolecular Hbond substituents is 1. The molecule has 1 aromatic heterocycles. The van der Waals surface area contributed by atoms with Gasteiger partial charge in [0.25, 0.3) is 0 Å². The Morgan fingerprint density at radius 1 is 1.20 bits per heavy atom. The summed E-state index contributed by atoms with van der Waals surface area (Å²) >= 11 is 7.37. The number of anilines is 1. The van der Waals surface area contributed by atoms with E-state index in [-0.39, 0.29) is 17.0 Å². The minimum atomic E-state index is -0.243. The number of nitrogens with zero attached hydrogens (tertiary/aromatic N) is 2. The Morgan fingerprint density at radius 3 is 2.60 bits per heavy atom. The van der Waals surface area contributed by atoms with Crippen LogP contribution in [0, 0.1) is 5.82 Å². The van der Waals surface area contributed by atoms with Crippen molar-refractivity contribution in [2.45, 2.75) is 19.3 Å². The number of phenols is 1. The number of nitrogens with one attached hydrogen (secondary N) is 1. The zero-order chi connectivity index (χ0) is 18.0. The first-order valence-electron chi connectivity index (χ1n) is 7.68. The molecule has 0 fully saturated rings. The van der Waals surface area contributed by atoms with E-state index >= 15 is 0 Å². The van der Waals surface area contributed by atoms with Crippen molar-refractivity contribution in [3.63, 3.8) is 0 Å². The maximum atomic E-state index is 13.1. The van der Waals surface area contributed by atoms with Crippen molar-refractivity contribution in [1.29, 1.82) is 0 Å². The van der Waals surface area contributed by atoms with Crippen molar-refractivity contribution in [2.24, 2.45) is 0 Å². The van der Waals surface area contributed by atoms with Gasteiger partial charge in [-0.25, -0.2) is 4.39 Å². The van der Waals surface area contributed by atoms with E-state index in [4.69, 9.17) is 11.6 Å². The quantitative estimate of drug-likeness (QED) is 0.650. The van der Waals surface area contributed by atoms with Gasteiger partial charge in [-0.3, -0.25) is 0 Å². The lowest BCUT2D eigenvalue weighted by atomic mass is 9.85. The molecule has 0 saturated heterocycles. The first-order valence-corrected chi connectivity index (χ1v) is 8.83. The highest BCUT2D eigenvalue weighted by atomic mass is 35.5. The summed E-state index contributed by atoms with van der Waals surface area (Å²) in [4.78, 5) is 4.45. The Hall–Kier alpha value is -2.18. The summed E-state index contributed by atoms with van der Waals surface area (Å²) in [6.45, 7) is 4.77. The van der Waals surface area contributed by atoms with Gasteiger partial charge in [-0.15, -0.1) is 0 Å². The Morgan fingerprint density at radius 2 is 1.92 bits per heavy atom. The molecule has 7 heteroatoms. The third-order valence-electron chi connectivity index (χ3n) is 3.93. The molecule has 130 valence electrons. The number of aromatic hydroxyl groups is 1. The van der Waals surface area contributed by atoms with Gasteiger partial charge in [0.15, 0.2) is 5.82 Å². The summed E-state index contributed by atoms with van der Waals surface area (Å²) in [5, 5.41) is 13.8. The lowest BCUT2D eigenvalue weighted by Gasteiger charge is -2.25. The van der Waals surface area contributed by atoms with E-state index in [0.717, 1.165) is 5.56 Å². The molecular weight excluding hydrogens is 361 g/mol. The van der Waals surface area contributed by atoms with Gasteiger partial charge >= 0.3 is 0 Å². The molecule has 0 unspecified atom stereocenters. The van der Waals surface area contributed by atoms with Gasteiger partial charge in [-0.1, -0.05) is 37.6 Å². The van der Waals surface area contributed by atoms with E-state index in [1.165, 1.54) is 29.7 Å². The summed E-state index contributed by atoms with van der Waals surface area (Å²) < 4.78 is 17.4. The number of halogens is 2. The minimum Gasteiger partial charge on any atom is -0.508 e. The van der Waals surface area contributed by atoms with Gasteiger partial charge in [0, 0.05) is 29.1 Å². The summed E-state index contributed by atoms with van der Waals surface area (Å²) in [5.41, 5.74) is 1.50. The molecule has 4 nitrogen and oxygen atoms in total. The monoisotopic (exact) mass is 377 g/mol. The van der Waals surface area contributed by atoms with E-state index in [1.807, 2.05) is 0 Å². The van der Waals surface area contributed by atoms with Crippen molar-refractivity contribution >= 4 is 28.3 Å². The standard InChI is InChI=1S/C18H17ClFN3OS/c1-18(2,11-3-5-12(20)6-4-11)10-21-17-22-16(23-25-17)14-8-7-13(24)9-15(14)19/h3-9,24H,10H2,1-2H3,(H,21,22,23). The number of rotatable bonds is 5. The maximum absolute atomic E-state index is 13.1. The topological polar surface area (TPSA) is 58.0 Å². The third kappa shape index (κ3) is 4.08. The van der Waals surface area contributed by atoms with Crippen molar-refractivity contribution in [3.05, 3.63) is 58.9 Å². The van der Waals surface area contributed by atoms with Crippen LogP contribution in [-0.2, 0) is 5.41 Å². The van der Waals surface area contributed by atoms with Gasteiger partial charge in [0.1, 0.15) is 11.6 Å². The van der Waals surface area contributed by atoms with E-state index in [1.54, 1.807) is 24.3 Å². The SMILES string of the molecule is CC(C)(CNc1nc(-c2ccc(O)cc2Cl)ns1)c1ccc(F)cc1. The van der Waals surface area contributed by atoms with Crippen LogP contribution in [0.15, 0.2) is 42.5 Å². The second kappa shape index (κ2) is 6.98. The van der Waals surface area contributed by atoms with Crippen LogP contribution in [0.3, 0.4) is 0 Å². The van der Waals surface area contributed by atoms with E-state index in [0.29, 0.717) is 28.1 Å². The second-order valence-corrected chi connectivity index (χ2v) is 7.49. The normalized spacial score (nSPS) is 11.5. The van der Waals surface area contributed by atoms with Crippen LogP contribution in [0.2, 0.25) is 5.02 Å². The highest BCUT2D eigenvalue weighted by Gasteiger charge is 2.21. The number of hydrogen-bond donors (Lipinski definition) is 2. The Labute approximate surface area is 154 Å². The van der Waals surface area contributed by atoms with Crippen LogP contribution in [0.1, 0.15) is 19.4 Å². The molecule has 2 N–H and O–H groups in total. The van der Waals surface area contributed by atoms with Crippen LogP contribution >= 0.6 is 23.1 Å². The van der Waals surface area contributed by atoms with Crippen molar-refractivity contribution < 1.29 is 9.50 Å². The van der Waals surface area contributed by atoms with Crippen LogP contribution in [0.25, 0.3) is 11.4 Å². The van der Waals surface area contributed by atoms with E-state index in [9.17, 15) is 9.50 Å². The first-order chi connectivity index (χ1) is 11.8. The zero-order valence-corrected chi connectivity index (χ0v) is 15.3. The highest BCUT2D eigenvalue weighted by molar-refractivity contribution is 7.09. The molecule has 25 heavy (non-hydrogen) atoms. The number of benzene rings is 2.